The number of anilines is 1. The van der Waals surface area contributed by atoms with Gasteiger partial charge in [0.15, 0.2) is 15.5 Å². The van der Waals surface area contributed by atoms with Gasteiger partial charge in [0.1, 0.15) is 11.5 Å². The summed E-state index contributed by atoms with van der Waals surface area (Å²) < 4.78 is 40.5. The van der Waals surface area contributed by atoms with Gasteiger partial charge in [0.25, 0.3) is 11.8 Å². The highest BCUT2D eigenvalue weighted by Gasteiger charge is 2.21. The predicted molar refractivity (Wildman–Crippen MR) is 133 cm³/mol. The lowest BCUT2D eigenvalue weighted by atomic mass is 10.0. The summed E-state index contributed by atoms with van der Waals surface area (Å²) in [5.74, 6) is -2.36. The summed E-state index contributed by atoms with van der Waals surface area (Å²) in [6.07, 6.45) is 1.07. The van der Waals surface area contributed by atoms with Crippen LogP contribution in [0.15, 0.2) is 77.7 Å². The molecule has 11 heteroatoms. The van der Waals surface area contributed by atoms with E-state index in [-0.39, 0.29) is 28.5 Å². The molecule has 0 fully saturated rings. The molecule has 0 aliphatic rings. The number of nitrogens with zero attached hydrogens (tertiary/aromatic N) is 2. The Kier molecular flexibility index (Phi) is 6.69. The molecule has 9 nitrogen and oxygen atoms in total. The Morgan fingerprint density at radius 2 is 1.78 bits per heavy atom. The van der Waals surface area contributed by atoms with E-state index >= 15 is 4.39 Å². The van der Waals surface area contributed by atoms with E-state index in [2.05, 4.69) is 10.4 Å². The number of hydrogen-bond acceptors (Lipinski definition) is 6. The molecule has 4 rings (SSSR count). The smallest absolute Gasteiger partial charge is 0.274 e. The lowest BCUT2D eigenvalue weighted by Crippen LogP contribution is -2.18. The standard InChI is InChI=1S/C25H22FN5O4S/c1-36(34,35)23-8-3-2-7-18(23)16-9-10-20(19(26)12-16)29-25(33)22-13-21(24(28)32)30-31(22)17-6-4-5-15(11-17)14-27/h2-13H,14,27H2,1H3,(H2,28,32)(H,29,33). The Hall–Kier alpha value is -4.35. The lowest BCUT2D eigenvalue weighted by Gasteiger charge is -2.12. The van der Waals surface area contributed by atoms with Crippen LogP contribution in [0.2, 0.25) is 0 Å². The second-order valence-corrected chi connectivity index (χ2v) is 9.97. The van der Waals surface area contributed by atoms with Crippen LogP contribution in [0.4, 0.5) is 10.1 Å². The first kappa shape index (κ1) is 24.8. The Morgan fingerprint density at radius 1 is 1.03 bits per heavy atom. The molecule has 5 N–H and O–H groups in total. The van der Waals surface area contributed by atoms with E-state index in [1.807, 2.05) is 0 Å². The fourth-order valence-electron chi connectivity index (χ4n) is 3.67. The van der Waals surface area contributed by atoms with Crippen molar-refractivity contribution >= 4 is 27.3 Å². The molecule has 0 aliphatic carbocycles. The summed E-state index contributed by atoms with van der Waals surface area (Å²) in [6.45, 7) is 0.249. The highest BCUT2D eigenvalue weighted by Crippen LogP contribution is 2.30. The van der Waals surface area contributed by atoms with Gasteiger partial charge in [0.2, 0.25) is 0 Å². The molecule has 0 radical (unpaired) electrons. The minimum Gasteiger partial charge on any atom is -0.364 e. The number of halogens is 1. The first-order valence-electron chi connectivity index (χ1n) is 10.7. The number of carbonyl (C=O) groups is 2. The Morgan fingerprint density at radius 3 is 2.44 bits per heavy atom. The lowest BCUT2D eigenvalue weighted by molar-refractivity contribution is 0.0993. The predicted octanol–water partition coefficient (Wildman–Crippen LogP) is 2.89. The van der Waals surface area contributed by atoms with Gasteiger partial charge in [-0.3, -0.25) is 9.59 Å². The van der Waals surface area contributed by atoms with Crippen molar-refractivity contribution in [2.45, 2.75) is 11.4 Å². The molecule has 184 valence electrons. The van der Waals surface area contributed by atoms with E-state index in [0.717, 1.165) is 17.9 Å². The van der Waals surface area contributed by atoms with Crippen LogP contribution < -0.4 is 16.8 Å². The van der Waals surface area contributed by atoms with Crippen LogP contribution in [0.25, 0.3) is 16.8 Å². The quantitative estimate of drug-likeness (QED) is 0.350. The van der Waals surface area contributed by atoms with E-state index in [4.69, 9.17) is 11.5 Å². The Balaban J connectivity index is 1.69. The zero-order valence-electron chi connectivity index (χ0n) is 19.1. The number of hydrogen-bond donors (Lipinski definition) is 3. The third-order valence-corrected chi connectivity index (χ3v) is 6.56. The molecule has 1 aromatic heterocycles. The summed E-state index contributed by atoms with van der Waals surface area (Å²) in [7, 11) is -3.55. The van der Waals surface area contributed by atoms with Crippen LogP contribution in [0, 0.1) is 5.82 Å². The first-order valence-corrected chi connectivity index (χ1v) is 12.6. The normalized spacial score (nSPS) is 11.3. The summed E-state index contributed by atoms with van der Waals surface area (Å²) >= 11 is 0. The Bertz CT molecular complexity index is 1600. The number of nitrogens with two attached hydrogens (primary N) is 2. The highest BCUT2D eigenvalue weighted by molar-refractivity contribution is 7.90. The number of primary amides is 1. The van der Waals surface area contributed by atoms with Crippen molar-refractivity contribution in [3.05, 3.63) is 95.6 Å². The van der Waals surface area contributed by atoms with Gasteiger partial charge in [-0.25, -0.2) is 17.5 Å². The van der Waals surface area contributed by atoms with Crippen LogP contribution in [-0.4, -0.2) is 36.3 Å². The molecule has 2 amide bonds. The van der Waals surface area contributed by atoms with E-state index in [1.165, 1.54) is 28.9 Å². The number of nitrogens with one attached hydrogen (secondary N) is 1. The second-order valence-electron chi connectivity index (χ2n) is 7.98. The van der Waals surface area contributed by atoms with Crippen molar-refractivity contribution in [2.24, 2.45) is 11.5 Å². The van der Waals surface area contributed by atoms with Gasteiger partial charge in [0.05, 0.1) is 16.3 Å². The van der Waals surface area contributed by atoms with E-state index in [9.17, 15) is 18.0 Å². The van der Waals surface area contributed by atoms with Crippen molar-refractivity contribution in [3.8, 4) is 16.8 Å². The topological polar surface area (TPSA) is 150 Å². The molecule has 0 aliphatic heterocycles. The van der Waals surface area contributed by atoms with Gasteiger partial charge in [-0.1, -0.05) is 36.4 Å². The largest absolute Gasteiger partial charge is 0.364 e. The number of rotatable bonds is 7. The van der Waals surface area contributed by atoms with Crippen molar-refractivity contribution < 1.29 is 22.4 Å². The number of benzene rings is 3. The SMILES string of the molecule is CS(=O)(=O)c1ccccc1-c1ccc(NC(=O)c2cc(C(N)=O)nn2-c2cccc(CN)c2)c(F)c1. The fraction of sp³-hybridized carbons (Fsp3) is 0.0800. The molecular formula is C25H22FN5O4S. The van der Waals surface area contributed by atoms with Gasteiger partial charge in [-0.2, -0.15) is 5.10 Å². The molecule has 0 unspecified atom stereocenters. The Labute approximate surface area is 206 Å². The van der Waals surface area contributed by atoms with Crippen molar-refractivity contribution in [2.75, 3.05) is 11.6 Å². The van der Waals surface area contributed by atoms with E-state index in [0.29, 0.717) is 16.8 Å². The first-order chi connectivity index (χ1) is 17.1. The molecule has 0 saturated heterocycles. The van der Waals surface area contributed by atoms with Crippen LogP contribution in [0.3, 0.4) is 0 Å². The molecule has 0 spiro atoms. The van der Waals surface area contributed by atoms with Crippen LogP contribution in [0.1, 0.15) is 26.5 Å². The number of amides is 2. The third kappa shape index (κ3) is 5.02. The average Bonchev–Trinajstić information content (AvgIpc) is 3.31. The highest BCUT2D eigenvalue weighted by atomic mass is 32.2. The summed E-state index contributed by atoms with van der Waals surface area (Å²) in [4.78, 5) is 24.9. The zero-order valence-corrected chi connectivity index (χ0v) is 19.9. The third-order valence-electron chi connectivity index (χ3n) is 5.40. The summed E-state index contributed by atoms with van der Waals surface area (Å²) in [5, 5.41) is 6.59. The second kappa shape index (κ2) is 9.72. The van der Waals surface area contributed by atoms with Gasteiger partial charge in [-0.15, -0.1) is 0 Å². The molecule has 0 bridgehead atoms. The maximum Gasteiger partial charge on any atom is 0.274 e. The molecule has 0 atom stereocenters. The van der Waals surface area contributed by atoms with Crippen LogP contribution >= 0.6 is 0 Å². The molecular weight excluding hydrogens is 485 g/mol. The van der Waals surface area contributed by atoms with Crippen molar-refractivity contribution in [3.63, 3.8) is 0 Å². The van der Waals surface area contributed by atoms with Crippen LogP contribution in [-0.2, 0) is 16.4 Å². The number of aromatic nitrogens is 2. The summed E-state index contributed by atoms with van der Waals surface area (Å²) in [6, 6.07) is 18.3. The van der Waals surface area contributed by atoms with Gasteiger partial charge in [0, 0.05) is 24.4 Å². The maximum atomic E-state index is 15.0. The molecule has 36 heavy (non-hydrogen) atoms. The van der Waals surface area contributed by atoms with E-state index in [1.54, 1.807) is 42.5 Å². The number of sulfone groups is 1. The van der Waals surface area contributed by atoms with Crippen LogP contribution in [0.5, 0.6) is 0 Å². The van der Waals surface area contributed by atoms with Crippen molar-refractivity contribution in [1.82, 2.24) is 9.78 Å². The minimum absolute atomic E-state index is 0.0520. The van der Waals surface area contributed by atoms with Gasteiger partial charge in [-0.05, 0) is 41.5 Å². The molecule has 4 aromatic rings. The van der Waals surface area contributed by atoms with Crippen molar-refractivity contribution in [1.29, 1.82) is 0 Å². The van der Waals surface area contributed by atoms with Gasteiger partial charge >= 0.3 is 0 Å². The molecule has 3 aromatic carbocycles. The van der Waals surface area contributed by atoms with Gasteiger partial charge < -0.3 is 16.8 Å². The fourth-order valence-corrected chi connectivity index (χ4v) is 4.59. The average molecular weight is 508 g/mol. The van der Waals surface area contributed by atoms with E-state index < -0.39 is 27.5 Å². The summed E-state index contributed by atoms with van der Waals surface area (Å²) in [5.41, 5.74) is 12.6. The zero-order chi connectivity index (χ0) is 26.0. The maximum absolute atomic E-state index is 15.0. The minimum atomic E-state index is -3.55. The molecule has 1 heterocycles. The number of carbonyl (C=O) groups excluding carboxylic acids is 2. The monoisotopic (exact) mass is 507 g/mol. The molecule has 0 saturated carbocycles.